The van der Waals surface area contributed by atoms with Crippen molar-refractivity contribution in [2.45, 2.75) is 31.6 Å². The summed E-state index contributed by atoms with van der Waals surface area (Å²) in [5.41, 5.74) is 1.09. The van der Waals surface area contributed by atoms with E-state index in [1.165, 1.54) is 17.9 Å². The number of nitrogens with zero attached hydrogens (tertiary/aromatic N) is 1. The Kier molecular flexibility index (Phi) is 6.27. The molecule has 1 amide bonds. The Balaban J connectivity index is 2.14. The first-order chi connectivity index (χ1) is 11.0. The van der Waals surface area contributed by atoms with Gasteiger partial charge in [-0.1, -0.05) is 36.4 Å². The highest BCUT2D eigenvalue weighted by molar-refractivity contribution is 7.80. The van der Waals surface area contributed by atoms with Gasteiger partial charge < -0.3 is 14.6 Å². The van der Waals surface area contributed by atoms with Gasteiger partial charge in [-0.2, -0.15) is 0 Å². The molecule has 1 aromatic carbocycles. The van der Waals surface area contributed by atoms with Crippen LogP contribution in [0.5, 0.6) is 0 Å². The van der Waals surface area contributed by atoms with Crippen molar-refractivity contribution in [2.24, 2.45) is 0 Å². The van der Waals surface area contributed by atoms with Crippen LogP contribution < -0.4 is 0 Å². The molecule has 1 N–H and O–H groups in total. The van der Waals surface area contributed by atoms with E-state index in [4.69, 9.17) is 21.7 Å². The van der Waals surface area contributed by atoms with Gasteiger partial charge in [0.1, 0.15) is 6.61 Å². The van der Waals surface area contributed by atoms with E-state index in [1.807, 2.05) is 30.3 Å². The topological polar surface area (TPSA) is 59.0 Å². The third kappa shape index (κ3) is 4.37. The van der Waals surface area contributed by atoms with Crippen LogP contribution >= 0.6 is 12.2 Å². The maximum Gasteiger partial charge on any atom is 0.266 e. The molecule has 1 aromatic rings. The molecular formula is C17H21NO4S. The zero-order valence-corrected chi connectivity index (χ0v) is 13.9. The molecule has 5 nitrogen and oxygen atoms in total. The maximum absolute atomic E-state index is 12.7. The number of benzene rings is 1. The molecule has 0 saturated carbocycles. The smallest absolute Gasteiger partial charge is 0.266 e. The number of carbonyl (C=O) groups excluding carboxylic acids is 1. The maximum atomic E-state index is 12.7. The number of amides is 1. The van der Waals surface area contributed by atoms with E-state index in [9.17, 15) is 9.90 Å². The van der Waals surface area contributed by atoms with Gasteiger partial charge >= 0.3 is 0 Å². The molecule has 0 radical (unpaired) electrons. The minimum Gasteiger partial charge on any atom is -0.468 e. The minimum absolute atomic E-state index is 0.129. The number of ether oxygens (including phenoxy) is 2. The lowest BCUT2D eigenvalue weighted by molar-refractivity contribution is -0.146. The van der Waals surface area contributed by atoms with Gasteiger partial charge in [-0.25, -0.2) is 0 Å². The highest BCUT2D eigenvalue weighted by atomic mass is 32.1. The summed E-state index contributed by atoms with van der Waals surface area (Å²) in [6.45, 7) is 5.58. The predicted octanol–water partition coefficient (Wildman–Crippen LogP) is 1.69. The van der Waals surface area contributed by atoms with Gasteiger partial charge in [0, 0.05) is 0 Å². The molecule has 6 heteroatoms. The molecule has 0 bridgehead atoms. The van der Waals surface area contributed by atoms with E-state index < -0.39 is 12.2 Å². The van der Waals surface area contributed by atoms with Crippen LogP contribution in [0.15, 0.2) is 43.0 Å². The van der Waals surface area contributed by atoms with Crippen LogP contribution in [0.1, 0.15) is 12.5 Å². The van der Waals surface area contributed by atoms with E-state index in [0.29, 0.717) is 13.0 Å². The first-order valence-corrected chi connectivity index (χ1v) is 7.89. The molecule has 3 atom stereocenters. The lowest BCUT2D eigenvalue weighted by Crippen LogP contribution is -2.49. The van der Waals surface area contributed by atoms with Crippen LogP contribution in [0, 0.1) is 0 Å². The van der Waals surface area contributed by atoms with E-state index in [-0.39, 0.29) is 23.7 Å². The summed E-state index contributed by atoms with van der Waals surface area (Å²) in [5, 5.41) is 9.97. The molecule has 0 spiro atoms. The minimum atomic E-state index is -0.995. The fourth-order valence-electron chi connectivity index (χ4n) is 2.49. The van der Waals surface area contributed by atoms with Crippen molar-refractivity contribution in [3.8, 4) is 0 Å². The Bertz CT molecular complexity index is 561. The molecule has 1 aliphatic heterocycles. The van der Waals surface area contributed by atoms with Crippen molar-refractivity contribution >= 4 is 23.3 Å². The van der Waals surface area contributed by atoms with Crippen LogP contribution in [-0.4, -0.2) is 52.6 Å². The molecule has 1 fully saturated rings. The molecule has 0 aliphatic carbocycles. The summed E-state index contributed by atoms with van der Waals surface area (Å²) in [5.74, 6) is -0.384. The van der Waals surface area contributed by atoms with Crippen molar-refractivity contribution in [3.63, 3.8) is 0 Å². The zero-order valence-electron chi connectivity index (χ0n) is 13.1. The average Bonchev–Trinajstić information content (AvgIpc) is 2.88. The van der Waals surface area contributed by atoms with Gasteiger partial charge in [0.25, 0.3) is 11.1 Å². The van der Waals surface area contributed by atoms with Crippen LogP contribution in [0.3, 0.4) is 0 Å². The summed E-state index contributed by atoms with van der Waals surface area (Å²) in [4.78, 5) is 14.2. The number of aliphatic hydroxyl groups excluding tert-OH is 1. The zero-order chi connectivity index (χ0) is 16.8. The van der Waals surface area contributed by atoms with Gasteiger partial charge in [0.2, 0.25) is 0 Å². The third-order valence-corrected chi connectivity index (χ3v) is 3.90. The van der Waals surface area contributed by atoms with E-state index >= 15 is 0 Å². The molecule has 1 aliphatic rings. The lowest BCUT2D eigenvalue weighted by atomic mass is 10.0. The second-order valence-electron chi connectivity index (χ2n) is 5.41. The summed E-state index contributed by atoms with van der Waals surface area (Å²) in [6.07, 6.45) is 0.207. The first kappa shape index (κ1) is 17.6. The van der Waals surface area contributed by atoms with Crippen molar-refractivity contribution in [1.82, 2.24) is 4.90 Å². The second-order valence-corrected chi connectivity index (χ2v) is 5.76. The second kappa shape index (κ2) is 8.19. The number of carbonyl (C=O) groups is 1. The quantitative estimate of drug-likeness (QED) is 0.607. The van der Waals surface area contributed by atoms with Crippen LogP contribution in [0.2, 0.25) is 0 Å². The number of thiocarbonyl (C=S) groups is 1. The number of hydrogen-bond acceptors (Lipinski definition) is 5. The lowest BCUT2D eigenvalue weighted by Gasteiger charge is -2.27. The van der Waals surface area contributed by atoms with Crippen LogP contribution in [0.4, 0.5) is 0 Å². The first-order valence-electron chi connectivity index (χ1n) is 7.49. The molecule has 1 saturated heterocycles. The number of aliphatic hydroxyl groups is 1. The largest absolute Gasteiger partial charge is 0.468 e. The predicted molar refractivity (Wildman–Crippen MR) is 90.9 cm³/mol. The molecule has 23 heavy (non-hydrogen) atoms. The molecule has 0 aromatic heterocycles. The van der Waals surface area contributed by atoms with E-state index in [0.717, 1.165) is 5.56 Å². The molecule has 2 rings (SSSR count). The summed E-state index contributed by atoms with van der Waals surface area (Å²) in [7, 11) is 0. The van der Waals surface area contributed by atoms with E-state index in [2.05, 4.69) is 6.58 Å². The highest BCUT2D eigenvalue weighted by Gasteiger charge is 2.40. The van der Waals surface area contributed by atoms with Crippen LogP contribution in [-0.2, 0) is 20.7 Å². The van der Waals surface area contributed by atoms with Gasteiger partial charge in [0.05, 0.1) is 18.8 Å². The number of rotatable bonds is 7. The Hall–Kier alpha value is -1.76. The SMILES string of the molecule is C=CCO[C@H](C(=O)N1C(=S)OC[C@@H]1Cc1ccccc1)[C@H](C)O. The van der Waals surface area contributed by atoms with Gasteiger partial charge in [-0.15, -0.1) is 6.58 Å². The van der Waals surface area contributed by atoms with Crippen molar-refractivity contribution in [1.29, 1.82) is 0 Å². The highest BCUT2D eigenvalue weighted by Crippen LogP contribution is 2.20. The summed E-state index contributed by atoms with van der Waals surface area (Å²) < 4.78 is 10.8. The summed E-state index contributed by atoms with van der Waals surface area (Å²) >= 11 is 5.15. The van der Waals surface area contributed by atoms with Gasteiger partial charge in [-0.3, -0.25) is 9.69 Å². The Morgan fingerprint density at radius 1 is 1.57 bits per heavy atom. The molecule has 124 valence electrons. The fraction of sp³-hybridized carbons (Fsp3) is 0.412. The average molecular weight is 335 g/mol. The summed E-state index contributed by atoms with van der Waals surface area (Å²) in [6, 6.07) is 9.61. The Morgan fingerprint density at radius 2 is 2.26 bits per heavy atom. The van der Waals surface area contributed by atoms with Crippen molar-refractivity contribution in [3.05, 3.63) is 48.6 Å². The van der Waals surface area contributed by atoms with Crippen molar-refractivity contribution < 1.29 is 19.4 Å². The normalized spacial score (nSPS) is 20.0. The number of hydrogen-bond donors (Lipinski definition) is 1. The third-order valence-electron chi connectivity index (χ3n) is 3.59. The Morgan fingerprint density at radius 3 is 2.87 bits per heavy atom. The van der Waals surface area contributed by atoms with Crippen molar-refractivity contribution in [2.75, 3.05) is 13.2 Å². The monoisotopic (exact) mass is 335 g/mol. The van der Waals surface area contributed by atoms with Crippen LogP contribution in [0.25, 0.3) is 0 Å². The van der Waals surface area contributed by atoms with Gasteiger partial charge in [-0.05, 0) is 31.1 Å². The molecule has 0 unspecified atom stereocenters. The molecular weight excluding hydrogens is 314 g/mol. The fourth-order valence-corrected chi connectivity index (χ4v) is 2.80. The standard InChI is InChI=1S/C17H21NO4S/c1-3-9-21-15(12(2)19)16(20)18-14(11-22-17(18)23)10-13-7-5-4-6-8-13/h3-8,12,14-15,19H,1,9-11H2,2H3/t12-,14-,15-/m0/s1. The Labute approximate surface area is 141 Å². The van der Waals surface area contributed by atoms with Gasteiger partial charge in [0.15, 0.2) is 6.10 Å². The molecule has 1 heterocycles. The van der Waals surface area contributed by atoms with E-state index in [1.54, 1.807) is 0 Å².